The van der Waals surface area contributed by atoms with E-state index in [1.165, 1.54) is 71.5 Å². The lowest BCUT2D eigenvalue weighted by molar-refractivity contribution is -0.192. The third-order valence-electron chi connectivity index (χ3n) is 9.78. The Morgan fingerprint density at radius 3 is 2.12 bits per heavy atom. The van der Waals surface area contributed by atoms with Gasteiger partial charge in [0.25, 0.3) is 0 Å². The number of carbonyl (C=O) groups is 1. The van der Waals surface area contributed by atoms with E-state index in [2.05, 4.69) is 29.8 Å². The van der Waals surface area contributed by atoms with E-state index in [4.69, 9.17) is 25.5 Å². The van der Waals surface area contributed by atoms with Gasteiger partial charge >= 0.3 is 12.1 Å². The van der Waals surface area contributed by atoms with E-state index >= 15 is 0 Å². The molecule has 4 heterocycles. The van der Waals surface area contributed by atoms with E-state index in [0.29, 0.717) is 17.9 Å². The van der Waals surface area contributed by atoms with Gasteiger partial charge in [0.15, 0.2) is 5.65 Å². The first-order valence-electron chi connectivity index (χ1n) is 16.9. The summed E-state index contributed by atoms with van der Waals surface area (Å²) in [5.41, 5.74) is 9.06. The standard InChI is InChI=1S/C33H42N8O.C2HF3O2/c34-32-30-31(25-6-12-29(13-7-25)42-28-4-2-1-3-5-28)38-41(33(30)37-23-36-32)27-10-8-26(9-11-27)40-20-18-39(19-21-40)22-24-14-16-35-17-15-24;3-2(4,5)1(6)7/h1-7,12-13,23-24,26-27,35H,8-11,14-22H2,(H2,34,36,37);(H,6,7). The summed E-state index contributed by atoms with van der Waals surface area (Å²) >= 11 is 0. The van der Waals surface area contributed by atoms with Crippen LogP contribution in [0.25, 0.3) is 22.3 Å². The molecular formula is C35H43F3N8O3. The van der Waals surface area contributed by atoms with Crippen molar-refractivity contribution in [3.63, 3.8) is 0 Å². The normalized spacial score (nSPS) is 21.2. The molecule has 49 heavy (non-hydrogen) atoms. The van der Waals surface area contributed by atoms with Crippen LogP contribution in [0.3, 0.4) is 0 Å². The van der Waals surface area contributed by atoms with Crippen molar-refractivity contribution in [2.24, 2.45) is 5.92 Å². The summed E-state index contributed by atoms with van der Waals surface area (Å²) in [4.78, 5) is 23.3. The Morgan fingerprint density at radius 1 is 0.878 bits per heavy atom. The summed E-state index contributed by atoms with van der Waals surface area (Å²) in [7, 11) is 0. The molecule has 7 rings (SSSR count). The number of aromatic nitrogens is 4. The third-order valence-corrected chi connectivity index (χ3v) is 9.78. The Hall–Kier alpha value is -4.27. The molecule has 2 aromatic heterocycles. The van der Waals surface area contributed by atoms with Gasteiger partial charge in [0, 0.05) is 44.3 Å². The smallest absolute Gasteiger partial charge is 0.475 e. The highest BCUT2D eigenvalue weighted by molar-refractivity contribution is 5.98. The van der Waals surface area contributed by atoms with E-state index in [0.717, 1.165) is 52.5 Å². The molecule has 1 saturated carbocycles. The molecule has 1 aliphatic carbocycles. The molecule has 2 aliphatic heterocycles. The Kier molecular flexibility index (Phi) is 11.0. The second kappa shape index (κ2) is 15.5. The van der Waals surface area contributed by atoms with Crippen molar-refractivity contribution >= 4 is 22.8 Å². The van der Waals surface area contributed by atoms with Crippen molar-refractivity contribution in [1.82, 2.24) is 34.9 Å². The van der Waals surface area contributed by atoms with Crippen LogP contribution < -0.4 is 15.8 Å². The molecule has 0 spiro atoms. The lowest BCUT2D eigenvalue weighted by Crippen LogP contribution is -2.52. The minimum absolute atomic E-state index is 0.314. The van der Waals surface area contributed by atoms with Crippen molar-refractivity contribution in [2.75, 3.05) is 51.5 Å². The Labute approximate surface area is 283 Å². The number of nitrogens with one attached hydrogen (secondary N) is 1. The minimum atomic E-state index is -5.08. The molecule has 4 N–H and O–H groups in total. The first-order valence-corrected chi connectivity index (χ1v) is 16.9. The average Bonchev–Trinajstić information content (AvgIpc) is 3.51. The van der Waals surface area contributed by atoms with Crippen LogP contribution in [0.5, 0.6) is 11.5 Å². The number of halogens is 3. The predicted molar refractivity (Wildman–Crippen MR) is 180 cm³/mol. The maximum absolute atomic E-state index is 10.6. The lowest BCUT2D eigenvalue weighted by Gasteiger charge is -2.43. The summed E-state index contributed by atoms with van der Waals surface area (Å²) in [6.07, 6.45) is 3.74. The van der Waals surface area contributed by atoms with Crippen molar-refractivity contribution in [1.29, 1.82) is 0 Å². The number of nitrogen functional groups attached to an aromatic ring is 1. The van der Waals surface area contributed by atoms with Gasteiger partial charge in [-0.25, -0.2) is 19.4 Å². The van der Waals surface area contributed by atoms with E-state index in [9.17, 15) is 13.2 Å². The molecule has 0 atom stereocenters. The molecule has 11 nitrogen and oxygen atoms in total. The van der Waals surface area contributed by atoms with Gasteiger partial charge in [-0.3, -0.25) is 4.90 Å². The number of alkyl halides is 3. The second-order valence-electron chi connectivity index (χ2n) is 13.0. The van der Waals surface area contributed by atoms with Crippen molar-refractivity contribution in [3.05, 3.63) is 60.9 Å². The van der Waals surface area contributed by atoms with Crippen molar-refractivity contribution < 1.29 is 27.8 Å². The fourth-order valence-corrected chi connectivity index (χ4v) is 7.17. The highest BCUT2D eigenvalue weighted by atomic mass is 19.4. The largest absolute Gasteiger partial charge is 0.490 e. The number of hydrogen-bond donors (Lipinski definition) is 3. The van der Waals surface area contributed by atoms with E-state index < -0.39 is 12.1 Å². The molecule has 14 heteroatoms. The van der Waals surface area contributed by atoms with Gasteiger partial charge < -0.3 is 25.8 Å². The number of fused-ring (bicyclic) bond motifs is 1. The molecule has 2 aromatic carbocycles. The second-order valence-corrected chi connectivity index (χ2v) is 13.0. The van der Waals surface area contributed by atoms with Crippen molar-refractivity contribution in [2.45, 2.75) is 56.8 Å². The zero-order valence-electron chi connectivity index (χ0n) is 27.4. The topological polar surface area (TPSA) is 135 Å². The molecule has 262 valence electrons. The number of piperazine rings is 1. The summed E-state index contributed by atoms with van der Waals surface area (Å²) in [5, 5.41) is 16.6. The molecule has 3 fully saturated rings. The Morgan fingerprint density at radius 2 is 1.49 bits per heavy atom. The molecule has 4 aromatic rings. The molecule has 2 saturated heterocycles. The molecule has 0 bridgehead atoms. The van der Waals surface area contributed by atoms with Gasteiger partial charge in [0.2, 0.25) is 0 Å². The number of hydrogen-bond acceptors (Lipinski definition) is 9. The summed E-state index contributed by atoms with van der Waals surface area (Å²) in [6, 6.07) is 18.8. The number of carboxylic acid groups (broad SMARTS) is 1. The first-order chi connectivity index (χ1) is 23.7. The summed E-state index contributed by atoms with van der Waals surface area (Å²) in [5.74, 6) is 0.186. The monoisotopic (exact) mass is 680 g/mol. The zero-order chi connectivity index (χ0) is 34.4. The van der Waals surface area contributed by atoms with Crippen LogP contribution in [-0.4, -0.2) is 98.7 Å². The van der Waals surface area contributed by atoms with Crippen LogP contribution in [0, 0.1) is 5.92 Å². The van der Waals surface area contributed by atoms with Gasteiger partial charge in [0.05, 0.1) is 11.4 Å². The van der Waals surface area contributed by atoms with Crippen LogP contribution in [0.4, 0.5) is 19.0 Å². The predicted octanol–water partition coefficient (Wildman–Crippen LogP) is 5.60. The van der Waals surface area contributed by atoms with E-state index in [1.54, 1.807) is 6.33 Å². The highest BCUT2D eigenvalue weighted by Crippen LogP contribution is 2.37. The maximum Gasteiger partial charge on any atom is 0.490 e. The third kappa shape index (κ3) is 8.67. The quantitative estimate of drug-likeness (QED) is 0.226. The van der Waals surface area contributed by atoms with Gasteiger partial charge in [-0.15, -0.1) is 0 Å². The number of para-hydroxylation sites is 1. The van der Waals surface area contributed by atoms with Crippen LogP contribution >= 0.6 is 0 Å². The molecule has 0 amide bonds. The SMILES string of the molecule is Nc1ncnc2c1c(-c1ccc(Oc3ccccc3)cc1)nn2C1CCC(N2CCN(CC3CCNCC3)CC2)CC1.O=C(O)C(F)(F)F. The number of nitrogens with zero attached hydrogens (tertiary/aromatic N) is 6. The molecule has 3 aliphatic rings. The number of carboxylic acids is 1. The van der Waals surface area contributed by atoms with Crippen LogP contribution in [0.15, 0.2) is 60.9 Å². The first kappa shape index (κ1) is 34.6. The van der Waals surface area contributed by atoms with Gasteiger partial charge in [-0.2, -0.15) is 18.3 Å². The number of rotatable bonds is 7. The number of ether oxygens (including phenoxy) is 1. The minimum Gasteiger partial charge on any atom is -0.475 e. The molecular weight excluding hydrogens is 637 g/mol. The zero-order valence-corrected chi connectivity index (χ0v) is 27.4. The molecule has 0 unspecified atom stereocenters. The van der Waals surface area contributed by atoms with Crippen LogP contribution in [0.2, 0.25) is 0 Å². The number of aliphatic carboxylic acids is 1. The van der Waals surface area contributed by atoms with Crippen LogP contribution in [-0.2, 0) is 4.79 Å². The number of nitrogens with two attached hydrogens (primary N) is 1. The van der Waals surface area contributed by atoms with Gasteiger partial charge in [-0.05, 0) is 93.9 Å². The average molecular weight is 681 g/mol. The number of anilines is 1. The maximum atomic E-state index is 10.6. The fourth-order valence-electron chi connectivity index (χ4n) is 7.17. The van der Waals surface area contributed by atoms with Crippen molar-refractivity contribution in [3.8, 4) is 22.8 Å². The van der Waals surface area contributed by atoms with E-state index in [1.807, 2.05) is 54.6 Å². The molecule has 0 radical (unpaired) electrons. The number of benzene rings is 2. The highest BCUT2D eigenvalue weighted by Gasteiger charge is 2.38. The Balaban J connectivity index is 0.000000540. The summed E-state index contributed by atoms with van der Waals surface area (Å²) < 4.78 is 39.9. The number of piperidine rings is 1. The Bertz CT molecular complexity index is 1660. The fraction of sp³-hybridized carbons (Fsp3) is 0.486. The van der Waals surface area contributed by atoms with Gasteiger partial charge in [-0.1, -0.05) is 18.2 Å². The van der Waals surface area contributed by atoms with Crippen LogP contribution in [0.1, 0.15) is 44.6 Å². The summed E-state index contributed by atoms with van der Waals surface area (Å²) in [6.45, 7) is 8.48. The van der Waals surface area contributed by atoms with Gasteiger partial charge in [0.1, 0.15) is 29.3 Å². The lowest BCUT2D eigenvalue weighted by atomic mass is 9.89. The van der Waals surface area contributed by atoms with E-state index in [-0.39, 0.29) is 0 Å².